The van der Waals surface area contributed by atoms with Crippen LogP contribution in [-0.4, -0.2) is 25.5 Å². The zero-order chi connectivity index (χ0) is 20.5. The molecule has 1 aromatic heterocycles. The van der Waals surface area contributed by atoms with E-state index in [4.69, 9.17) is 0 Å². The summed E-state index contributed by atoms with van der Waals surface area (Å²) in [6.07, 6.45) is 4.53. The van der Waals surface area contributed by atoms with E-state index in [9.17, 15) is 20.0 Å². The summed E-state index contributed by atoms with van der Waals surface area (Å²) in [6.45, 7) is 6.05. The third-order valence-electron chi connectivity index (χ3n) is 4.33. The predicted molar refractivity (Wildman–Crippen MR) is 105 cm³/mol. The molecule has 0 atom stereocenters. The highest BCUT2D eigenvalue weighted by molar-refractivity contribution is 6.05. The lowest BCUT2D eigenvalue weighted by molar-refractivity contribution is -0.384. The number of benzene rings is 2. The molecule has 1 amide bonds. The van der Waals surface area contributed by atoms with Crippen LogP contribution in [-0.2, 0) is 5.41 Å². The second kappa shape index (κ2) is 7.15. The van der Waals surface area contributed by atoms with Gasteiger partial charge in [0.15, 0.2) is 0 Å². The summed E-state index contributed by atoms with van der Waals surface area (Å²) < 4.78 is 1.50. The number of amides is 1. The van der Waals surface area contributed by atoms with Gasteiger partial charge in [0.2, 0.25) is 0 Å². The van der Waals surface area contributed by atoms with Crippen LogP contribution in [0.5, 0.6) is 5.75 Å². The number of nitrogens with zero attached hydrogens (tertiary/aromatic N) is 3. The monoisotopic (exact) mass is 380 g/mol. The number of rotatable bonds is 4. The quantitative estimate of drug-likeness (QED) is 0.403. The molecule has 0 aliphatic carbocycles. The number of phenolic OH excluding ortho intramolecular Hbond substituents is 1. The van der Waals surface area contributed by atoms with Gasteiger partial charge in [0.25, 0.3) is 11.6 Å². The lowest BCUT2D eigenvalue weighted by Crippen LogP contribution is -2.15. The average molecular weight is 380 g/mol. The number of hydrogen-bond donors (Lipinski definition) is 2. The predicted octanol–water partition coefficient (Wildman–Crippen LogP) is 4.04. The summed E-state index contributed by atoms with van der Waals surface area (Å²) in [4.78, 5) is 27.4. The van der Waals surface area contributed by atoms with E-state index in [-0.39, 0.29) is 28.1 Å². The molecule has 8 nitrogen and oxygen atoms in total. The van der Waals surface area contributed by atoms with Gasteiger partial charge >= 0.3 is 0 Å². The Bertz CT molecular complexity index is 1040. The number of carbonyl (C=O) groups is 1. The molecule has 8 heteroatoms. The smallest absolute Gasteiger partial charge is 0.294 e. The molecular weight excluding hydrogens is 360 g/mol. The van der Waals surface area contributed by atoms with Crippen LogP contribution in [0.25, 0.3) is 5.69 Å². The van der Waals surface area contributed by atoms with Gasteiger partial charge < -0.3 is 15.0 Å². The van der Waals surface area contributed by atoms with Crippen LogP contribution >= 0.6 is 0 Å². The molecule has 0 unspecified atom stereocenters. The standard InChI is InChI=1S/C20H20N4O4/c1-20(2,3)14-5-7-18(25)15(11-14)22-19(26)13-4-6-16(17(10-13)24(27)28)23-9-8-21-12-23/h4-12,25H,1-3H3,(H,22,26). The summed E-state index contributed by atoms with van der Waals surface area (Å²) in [6, 6.07) is 9.18. The molecule has 0 bridgehead atoms. The van der Waals surface area contributed by atoms with Crippen LogP contribution in [0.4, 0.5) is 11.4 Å². The van der Waals surface area contributed by atoms with Crippen LogP contribution < -0.4 is 5.32 Å². The number of nitrogens with one attached hydrogen (secondary N) is 1. The minimum absolute atomic E-state index is 0.0779. The molecule has 0 spiro atoms. The Morgan fingerprint density at radius 3 is 2.57 bits per heavy atom. The van der Waals surface area contributed by atoms with Crippen LogP contribution in [0.1, 0.15) is 36.7 Å². The van der Waals surface area contributed by atoms with E-state index in [0.29, 0.717) is 5.69 Å². The fraction of sp³-hybridized carbons (Fsp3) is 0.200. The van der Waals surface area contributed by atoms with Crippen molar-refractivity contribution < 1.29 is 14.8 Å². The molecule has 1 heterocycles. The normalized spacial score (nSPS) is 11.2. The van der Waals surface area contributed by atoms with Crippen molar-refractivity contribution in [3.05, 3.63) is 76.4 Å². The van der Waals surface area contributed by atoms with Gasteiger partial charge in [-0.3, -0.25) is 14.9 Å². The van der Waals surface area contributed by atoms with Crippen molar-refractivity contribution in [3.8, 4) is 11.4 Å². The maximum Gasteiger partial charge on any atom is 0.294 e. The number of carbonyl (C=O) groups excluding carboxylic acids is 1. The third-order valence-corrected chi connectivity index (χ3v) is 4.33. The third kappa shape index (κ3) is 3.85. The van der Waals surface area contributed by atoms with E-state index in [0.717, 1.165) is 5.56 Å². The topological polar surface area (TPSA) is 110 Å². The highest BCUT2D eigenvalue weighted by Crippen LogP contribution is 2.31. The highest BCUT2D eigenvalue weighted by Gasteiger charge is 2.20. The molecule has 2 aromatic carbocycles. The van der Waals surface area contributed by atoms with Crippen molar-refractivity contribution in [2.45, 2.75) is 26.2 Å². The Balaban J connectivity index is 1.94. The summed E-state index contributed by atoms with van der Waals surface area (Å²) in [5.74, 6) is -0.632. The number of aromatic nitrogens is 2. The minimum Gasteiger partial charge on any atom is -0.506 e. The number of nitro benzene ring substituents is 1. The van der Waals surface area contributed by atoms with Crippen molar-refractivity contribution in [2.24, 2.45) is 0 Å². The number of hydrogen-bond acceptors (Lipinski definition) is 5. The summed E-state index contributed by atoms with van der Waals surface area (Å²) in [5.41, 5.74) is 1.20. The Hall–Kier alpha value is -3.68. The molecule has 0 aliphatic heterocycles. The fourth-order valence-corrected chi connectivity index (χ4v) is 2.73. The first kappa shape index (κ1) is 19.1. The molecule has 0 aliphatic rings. The van der Waals surface area contributed by atoms with Gasteiger partial charge in [-0.05, 0) is 35.2 Å². The van der Waals surface area contributed by atoms with Gasteiger partial charge in [0.1, 0.15) is 11.4 Å². The van der Waals surface area contributed by atoms with Crippen molar-refractivity contribution in [1.82, 2.24) is 9.55 Å². The van der Waals surface area contributed by atoms with E-state index in [1.807, 2.05) is 20.8 Å². The van der Waals surface area contributed by atoms with E-state index in [1.54, 1.807) is 18.3 Å². The number of imidazole rings is 1. The average Bonchev–Trinajstić information content (AvgIpc) is 3.16. The number of phenols is 1. The molecule has 2 N–H and O–H groups in total. The molecule has 0 saturated carbocycles. The minimum atomic E-state index is -0.554. The zero-order valence-electron chi connectivity index (χ0n) is 15.7. The van der Waals surface area contributed by atoms with Crippen molar-refractivity contribution in [1.29, 1.82) is 0 Å². The Morgan fingerprint density at radius 2 is 1.96 bits per heavy atom. The van der Waals surface area contributed by atoms with Gasteiger partial charge in [-0.2, -0.15) is 0 Å². The molecule has 0 radical (unpaired) electrons. The zero-order valence-corrected chi connectivity index (χ0v) is 15.7. The number of nitro groups is 1. The molecule has 28 heavy (non-hydrogen) atoms. The van der Waals surface area contributed by atoms with Gasteiger partial charge in [0, 0.05) is 24.0 Å². The Morgan fingerprint density at radius 1 is 1.21 bits per heavy atom. The lowest BCUT2D eigenvalue weighted by Gasteiger charge is -2.20. The molecule has 0 fully saturated rings. The van der Waals surface area contributed by atoms with Crippen molar-refractivity contribution in [2.75, 3.05) is 5.32 Å². The number of aromatic hydroxyl groups is 1. The molecule has 0 saturated heterocycles. The van der Waals surface area contributed by atoms with Gasteiger partial charge in [-0.15, -0.1) is 0 Å². The van der Waals surface area contributed by atoms with Crippen molar-refractivity contribution in [3.63, 3.8) is 0 Å². The first-order valence-corrected chi connectivity index (χ1v) is 8.58. The second-order valence-corrected chi connectivity index (χ2v) is 7.37. The number of anilines is 1. The molecule has 3 aromatic rings. The maximum atomic E-state index is 12.6. The molecule has 144 valence electrons. The van der Waals surface area contributed by atoms with E-state index >= 15 is 0 Å². The van der Waals surface area contributed by atoms with Gasteiger partial charge in [0.05, 0.1) is 16.9 Å². The van der Waals surface area contributed by atoms with E-state index < -0.39 is 10.8 Å². The second-order valence-electron chi connectivity index (χ2n) is 7.37. The maximum absolute atomic E-state index is 12.6. The van der Waals surface area contributed by atoms with Crippen LogP contribution in [0, 0.1) is 10.1 Å². The first-order chi connectivity index (χ1) is 13.2. The summed E-state index contributed by atoms with van der Waals surface area (Å²) in [7, 11) is 0. The van der Waals surface area contributed by atoms with Gasteiger partial charge in [-0.25, -0.2) is 4.98 Å². The summed E-state index contributed by atoms with van der Waals surface area (Å²) in [5, 5.41) is 24.2. The Kier molecular flexibility index (Phi) is 4.87. The SMILES string of the molecule is CC(C)(C)c1ccc(O)c(NC(=O)c2ccc(-n3ccnc3)c([N+](=O)[O-])c2)c1. The molecular formula is C20H20N4O4. The van der Waals surface area contributed by atoms with Crippen LogP contribution in [0.15, 0.2) is 55.1 Å². The summed E-state index contributed by atoms with van der Waals surface area (Å²) >= 11 is 0. The van der Waals surface area contributed by atoms with Crippen LogP contribution in [0.2, 0.25) is 0 Å². The highest BCUT2D eigenvalue weighted by atomic mass is 16.6. The largest absolute Gasteiger partial charge is 0.506 e. The molecule has 3 rings (SSSR count). The van der Waals surface area contributed by atoms with Crippen LogP contribution in [0.3, 0.4) is 0 Å². The Labute approximate surface area is 161 Å². The first-order valence-electron chi connectivity index (χ1n) is 8.58. The van der Waals surface area contributed by atoms with E-state index in [1.165, 1.54) is 41.4 Å². The van der Waals surface area contributed by atoms with Gasteiger partial charge in [-0.1, -0.05) is 26.8 Å². The van der Waals surface area contributed by atoms with E-state index in [2.05, 4.69) is 10.3 Å². The fourth-order valence-electron chi connectivity index (χ4n) is 2.73. The van der Waals surface area contributed by atoms with Crippen molar-refractivity contribution >= 4 is 17.3 Å². The lowest BCUT2D eigenvalue weighted by atomic mass is 9.87.